The fraction of sp³-hybridized carbons (Fsp3) is 0.0435. The second-order valence-electron chi connectivity index (χ2n) is 7.08. The summed E-state index contributed by atoms with van der Waals surface area (Å²) in [5.74, 6) is 0.404. The quantitative estimate of drug-likeness (QED) is 0.346. The van der Waals surface area contributed by atoms with E-state index in [4.69, 9.17) is 11.5 Å². The zero-order valence-electron chi connectivity index (χ0n) is 17.3. The Morgan fingerprint density at radius 3 is 2.44 bits per heavy atom. The molecule has 9 heteroatoms. The van der Waals surface area contributed by atoms with Gasteiger partial charge in [0.1, 0.15) is 17.5 Å². The lowest BCUT2D eigenvalue weighted by molar-refractivity contribution is 0.632. The van der Waals surface area contributed by atoms with Crippen LogP contribution in [0.5, 0.6) is 0 Å². The van der Waals surface area contributed by atoms with E-state index in [1.165, 1.54) is 6.07 Å². The molecule has 8 nitrogen and oxygen atoms in total. The van der Waals surface area contributed by atoms with Crippen LogP contribution in [-0.4, -0.2) is 19.9 Å². The molecule has 0 atom stereocenters. The number of pyridine rings is 2. The fourth-order valence-corrected chi connectivity index (χ4v) is 3.22. The number of nitrogen functional groups attached to an aromatic ring is 2. The molecule has 0 unspecified atom stereocenters. The Bertz CT molecular complexity index is 1290. The minimum Gasteiger partial charge on any atom is -0.383 e. The Labute approximate surface area is 184 Å². The van der Waals surface area contributed by atoms with Crippen LogP contribution in [0.2, 0.25) is 0 Å². The molecule has 32 heavy (non-hydrogen) atoms. The van der Waals surface area contributed by atoms with E-state index in [1.54, 1.807) is 42.9 Å². The maximum absolute atomic E-state index is 14.9. The minimum absolute atomic E-state index is 0.100. The molecule has 4 rings (SSSR count). The van der Waals surface area contributed by atoms with Crippen LogP contribution < -0.4 is 22.1 Å². The highest BCUT2D eigenvalue weighted by Crippen LogP contribution is 2.31. The van der Waals surface area contributed by atoms with Crippen molar-refractivity contribution < 1.29 is 4.39 Å². The predicted molar refractivity (Wildman–Crippen MR) is 126 cm³/mol. The third kappa shape index (κ3) is 4.46. The first-order valence-electron chi connectivity index (χ1n) is 9.69. The number of hydrogen-bond donors (Lipinski definition) is 4. The lowest BCUT2D eigenvalue weighted by atomic mass is 10.1. The summed E-state index contributed by atoms with van der Waals surface area (Å²) in [6.45, 7) is 5.73. The molecule has 0 spiro atoms. The summed E-state index contributed by atoms with van der Waals surface area (Å²) in [6.07, 6.45) is 4.88. The standard InChI is InChI=1S/C23H21FN8/c1-13(2)21-18(7-10-28-22(21)25)30-17-4-3-15(11-16(17)24)29-20-12-19(31-23(26)32-20)14-5-8-27-9-6-14/h3-12H,1H2,2H3,(H3,25,28,30)(H3,26,29,31,32). The van der Waals surface area contributed by atoms with Gasteiger partial charge in [-0.05, 0) is 48.9 Å². The Morgan fingerprint density at radius 1 is 0.938 bits per heavy atom. The van der Waals surface area contributed by atoms with E-state index in [1.807, 2.05) is 19.1 Å². The summed E-state index contributed by atoms with van der Waals surface area (Å²) in [7, 11) is 0. The molecular formula is C23H21FN8. The number of nitrogens with zero attached hydrogens (tertiary/aromatic N) is 4. The van der Waals surface area contributed by atoms with Crippen LogP contribution in [0.25, 0.3) is 16.8 Å². The number of rotatable bonds is 6. The number of halogens is 1. The average Bonchev–Trinajstić information content (AvgIpc) is 2.75. The highest BCUT2D eigenvalue weighted by atomic mass is 19.1. The summed E-state index contributed by atoms with van der Waals surface area (Å²) >= 11 is 0. The van der Waals surface area contributed by atoms with Gasteiger partial charge in [-0.1, -0.05) is 6.58 Å². The Morgan fingerprint density at radius 2 is 1.72 bits per heavy atom. The molecule has 0 saturated carbocycles. The molecule has 0 bridgehead atoms. The molecule has 0 amide bonds. The van der Waals surface area contributed by atoms with Crippen LogP contribution in [-0.2, 0) is 0 Å². The third-order valence-corrected chi connectivity index (χ3v) is 4.64. The van der Waals surface area contributed by atoms with Crippen molar-refractivity contribution in [3.8, 4) is 11.3 Å². The number of allylic oxidation sites excluding steroid dienone is 1. The first-order valence-corrected chi connectivity index (χ1v) is 9.69. The Kier molecular flexibility index (Phi) is 5.63. The van der Waals surface area contributed by atoms with E-state index in [-0.39, 0.29) is 11.6 Å². The molecule has 0 aliphatic rings. The molecule has 4 aromatic rings. The van der Waals surface area contributed by atoms with Crippen LogP contribution >= 0.6 is 0 Å². The van der Waals surface area contributed by atoms with E-state index >= 15 is 0 Å². The van der Waals surface area contributed by atoms with Gasteiger partial charge in [-0.25, -0.2) is 14.4 Å². The van der Waals surface area contributed by atoms with Crippen molar-refractivity contribution in [2.75, 3.05) is 22.1 Å². The van der Waals surface area contributed by atoms with Crippen LogP contribution in [0.15, 0.2) is 67.6 Å². The summed E-state index contributed by atoms with van der Waals surface area (Å²) < 4.78 is 14.9. The number of benzene rings is 1. The molecule has 0 fully saturated rings. The summed E-state index contributed by atoms with van der Waals surface area (Å²) in [5, 5.41) is 6.13. The number of nitrogens with one attached hydrogen (secondary N) is 2. The maximum Gasteiger partial charge on any atom is 0.222 e. The van der Waals surface area contributed by atoms with Gasteiger partial charge in [0.15, 0.2) is 0 Å². The van der Waals surface area contributed by atoms with Crippen LogP contribution in [0.3, 0.4) is 0 Å². The number of nitrogens with two attached hydrogens (primary N) is 2. The van der Waals surface area contributed by atoms with E-state index in [0.29, 0.717) is 34.3 Å². The van der Waals surface area contributed by atoms with Gasteiger partial charge in [0.05, 0.1) is 17.1 Å². The monoisotopic (exact) mass is 428 g/mol. The topological polar surface area (TPSA) is 128 Å². The van der Waals surface area contributed by atoms with Crippen molar-refractivity contribution >= 4 is 40.2 Å². The minimum atomic E-state index is -0.463. The first-order chi connectivity index (χ1) is 15.4. The Hall–Kier alpha value is -4.53. The van der Waals surface area contributed by atoms with Gasteiger partial charge >= 0.3 is 0 Å². The predicted octanol–water partition coefficient (Wildman–Crippen LogP) is 4.76. The van der Waals surface area contributed by atoms with Gasteiger partial charge in [-0.3, -0.25) is 4.98 Å². The number of aromatic nitrogens is 4. The fourth-order valence-electron chi connectivity index (χ4n) is 3.22. The molecule has 160 valence electrons. The second kappa shape index (κ2) is 8.68. The zero-order chi connectivity index (χ0) is 22.7. The van der Waals surface area contributed by atoms with Crippen molar-refractivity contribution in [3.63, 3.8) is 0 Å². The van der Waals surface area contributed by atoms with Crippen LogP contribution in [0.1, 0.15) is 12.5 Å². The van der Waals surface area contributed by atoms with E-state index in [2.05, 4.69) is 37.1 Å². The smallest absolute Gasteiger partial charge is 0.222 e. The van der Waals surface area contributed by atoms with Gasteiger partial charge in [0.2, 0.25) is 5.95 Å². The molecular weight excluding hydrogens is 407 g/mol. The van der Waals surface area contributed by atoms with Crippen molar-refractivity contribution in [3.05, 3.63) is 79.0 Å². The van der Waals surface area contributed by atoms with Gasteiger partial charge in [-0.15, -0.1) is 0 Å². The largest absolute Gasteiger partial charge is 0.383 e. The van der Waals surface area contributed by atoms with Gasteiger partial charge in [-0.2, -0.15) is 4.98 Å². The highest BCUT2D eigenvalue weighted by Gasteiger charge is 2.12. The maximum atomic E-state index is 14.9. The van der Waals surface area contributed by atoms with Crippen LogP contribution in [0.4, 0.5) is 39.0 Å². The summed E-state index contributed by atoms with van der Waals surface area (Å²) in [4.78, 5) is 16.5. The molecule has 3 aromatic heterocycles. The molecule has 1 aromatic carbocycles. The van der Waals surface area contributed by atoms with Gasteiger partial charge in [0, 0.05) is 41.5 Å². The summed E-state index contributed by atoms with van der Waals surface area (Å²) in [6, 6.07) is 11.8. The highest BCUT2D eigenvalue weighted by molar-refractivity contribution is 5.83. The number of anilines is 6. The lowest BCUT2D eigenvalue weighted by Gasteiger charge is -2.15. The molecule has 0 aliphatic carbocycles. The van der Waals surface area contributed by atoms with Gasteiger partial charge < -0.3 is 22.1 Å². The van der Waals surface area contributed by atoms with E-state index < -0.39 is 5.82 Å². The molecule has 0 aliphatic heterocycles. The SMILES string of the molecule is C=C(C)c1c(Nc2ccc(Nc3cc(-c4ccncc4)nc(N)n3)cc2F)ccnc1N. The average molecular weight is 428 g/mol. The lowest BCUT2D eigenvalue weighted by Crippen LogP contribution is -2.04. The van der Waals surface area contributed by atoms with Gasteiger partial charge in [0.25, 0.3) is 0 Å². The second-order valence-corrected chi connectivity index (χ2v) is 7.08. The van der Waals surface area contributed by atoms with Crippen molar-refractivity contribution in [2.24, 2.45) is 0 Å². The van der Waals surface area contributed by atoms with Crippen molar-refractivity contribution in [1.29, 1.82) is 0 Å². The molecule has 3 heterocycles. The third-order valence-electron chi connectivity index (χ3n) is 4.64. The number of hydrogen-bond acceptors (Lipinski definition) is 8. The summed E-state index contributed by atoms with van der Waals surface area (Å²) in [5.41, 5.74) is 16.0. The molecule has 0 radical (unpaired) electrons. The van der Waals surface area contributed by atoms with E-state index in [9.17, 15) is 4.39 Å². The first kappa shape index (κ1) is 20.7. The molecule has 6 N–H and O–H groups in total. The normalized spacial score (nSPS) is 10.6. The van der Waals surface area contributed by atoms with Crippen molar-refractivity contribution in [2.45, 2.75) is 6.92 Å². The van der Waals surface area contributed by atoms with Crippen LogP contribution in [0, 0.1) is 5.82 Å². The van der Waals surface area contributed by atoms with Crippen molar-refractivity contribution in [1.82, 2.24) is 19.9 Å². The zero-order valence-corrected chi connectivity index (χ0v) is 17.3. The Balaban J connectivity index is 1.58. The van der Waals surface area contributed by atoms with E-state index in [0.717, 1.165) is 11.1 Å². The molecule has 0 saturated heterocycles.